The number of aromatic nitrogens is 2. The summed E-state index contributed by atoms with van der Waals surface area (Å²) in [5.74, 6) is 1.38. The van der Waals surface area contributed by atoms with Crippen molar-refractivity contribution in [3.05, 3.63) is 51.5 Å². The SMILES string of the molecule is Nc1nc(CCc2ccccc2)ncc1I. The number of benzene rings is 1. The smallest absolute Gasteiger partial charge is 0.140 e. The molecule has 0 saturated heterocycles. The van der Waals surface area contributed by atoms with E-state index in [0.29, 0.717) is 5.82 Å². The van der Waals surface area contributed by atoms with Gasteiger partial charge in [-0.25, -0.2) is 9.97 Å². The van der Waals surface area contributed by atoms with E-state index in [-0.39, 0.29) is 0 Å². The Kier molecular flexibility index (Phi) is 3.71. The third-order valence-corrected chi connectivity index (χ3v) is 3.13. The molecule has 2 aromatic rings. The highest BCUT2D eigenvalue weighted by atomic mass is 127. The zero-order valence-corrected chi connectivity index (χ0v) is 10.9. The molecule has 1 aromatic carbocycles. The molecule has 2 rings (SSSR count). The number of rotatable bonds is 3. The number of halogens is 1. The van der Waals surface area contributed by atoms with Crippen molar-refractivity contribution in [2.24, 2.45) is 0 Å². The topological polar surface area (TPSA) is 51.8 Å². The fourth-order valence-electron chi connectivity index (χ4n) is 1.44. The van der Waals surface area contributed by atoms with E-state index in [9.17, 15) is 0 Å². The zero-order valence-electron chi connectivity index (χ0n) is 8.73. The van der Waals surface area contributed by atoms with E-state index in [1.165, 1.54) is 5.56 Å². The summed E-state index contributed by atoms with van der Waals surface area (Å²) in [4.78, 5) is 8.50. The molecule has 1 heterocycles. The monoisotopic (exact) mass is 325 g/mol. The molecule has 0 aliphatic carbocycles. The van der Waals surface area contributed by atoms with Crippen LogP contribution in [0.5, 0.6) is 0 Å². The molecule has 0 bridgehead atoms. The first-order valence-electron chi connectivity index (χ1n) is 5.06. The van der Waals surface area contributed by atoms with Crippen LogP contribution in [-0.4, -0.2) is 9.97 Å². The summed E-state index contributed by atoms with van der Waals surface area (Å²) in [5.41, 5.74) is 7.03. The fraction of sp³-hybridized carbons (Fsp3) is 0.167. The summed E-state index contributed by atoms with van der Waals surface area (Å²) in [5, 5.41) is 0. The summed E-state index contributed by atoms with van der Waals surface area (Å²) >= 11 is 2.13. The van der Waals surface area contributed by atoms with Crippen LogP contribution < -0.4 is 5.73 Å². The first kappa shape index (κ1) is 11.3. The van der Waals surface area contributed by atoms with Crippen LogP contribution in [0, 0.1) is 3.57 Å². The molecule has 4 heteroatoms. The van der Waals surface area contributed by atoms with E-state index in [1.54, 1.807) is 6.20 Å². The fourth-order valence-corrected chi connectivity index (χ4v) is 1.70. The number of hydrogen-bond acceptors (Lipinski definition) is 3. The summed E-state index contributed by atoms with van der Waals surface area (Å²) in [7, 11) is 0. The Morgan fingerprint density at radius 3 is 2.56 bits per heavy atom. The quantitative estimate of drug-likeness (QED) is 0.882. The van der Waals surface area contributed by atoms with Crippen molar-refractivity contribution in [1.29, 1.82) is 0 Å². The van der Waals surface area contributed by atoms with Gasteiger partial charge in [0.2, 0.25) is 0 Å². The van der Waals surface area contributed by atoms with Gasteiger partial charge in [-0.15, -0.1) is 0 Å². The summed E-state index contributed by atoms with van der Waals surface area (Å²) in [6.07, 6.45) is 3.54. The van der Waals surface area contributed by atoms with Crippen LogP contribution in [-0.2, 0) is 12.8 Å². The van der Waals surface area contributed by atoms with Gasteiger partial charge < -0.3 is 5.73 Å². The Labute approximate surface area is 108 Å². The lowest BCUT2D eigenvalue weighted by molar-refractivity contribution is 0.858. The van der Waals surface area contributed by atoms with Gasteiger partial charge in [-0.3, -0.25) is 0 Å². The molecule has 0 radical (unpaired) electrons. The number of nitrogen functional groups attached to an aromatic ring is 1. The molecule has 3 nitrogen and oxygen atoms in total. The minimum Gasteiger partial charge on any atom is -0.383 e. The average molecular weight is 325 g/mol. The van der Waals surface area contributed by atoms with Crippen molar-refractivity contribution in [3.63, 3.8) is 0 Å². The maximum atomic E-state index is 5.73. The molecule has 0 atom stereocenters. The summed E-state index contributed by atoms with van der Waals surface area (Å²) in [6.45, 7) is 0. The first-order valence-corrected chi connectivity index (χ1v) is 6.14. The Morgan fingerprint density at radius 2 is 1.88 bits per heavy atom. The molecule has 1 aromatic heterocycles. The van der Waals surface area contributed by atoms with Crippen LogP contribution in [0.2, 0.25) is 0 Å². The highest BCUT2D eigenvalue weighted by Crippen LogP contribution is 2.11. The van der Waals surface area contributed by atoms with Gasteiger partial charge >= 0.3 is 0 Å². The second kappa shape index (κ2) is 5.25. The molecular formula is C12H12IN3. The van der Waals surface area contributed by atoms with Crippen molar-refractivity contribution in [2.75, 3.05) is 5.73 Å². The van der Waals surface area contributed by atoms with Gasteiger partial charge in [-0.1, -0.05) is 30.3 Å². The minimum absolute atomic E-state index is 0.568. The minimum atomic E-state index is 0.568. The molecule has 0 unspecified atom stereocenters. The van der Waals surface area contributed by atoms with E-state index in [0.717, 1.165) is 22.2 Å². The molecule has 2 N–H and O–H groups in total. The van der Waals surface area contributed by atoms with Crippen molar-refractivity contribution in [2.45, 2.75) is 12.8 Å². The van der Waals surface area contributed by atoms with Gasteiger partial charge in [0, 0.05) is 12.6 Å². The molecule has 0 amide bonds. The molecule has 16 heavy (non-hydrogen) atoms. The number of aryl methyl sites for hydroxylation is 2. The van der Waals surface area contributed by atoms with Gasteiger partial charge in [-0.2, -0.15) is 0 Å². The highest BCUT2D eigenvalue weighted by molar-refractivity contribution is 14.1. The van der Waals surface area contributed by atoms with Gasteiger partial charge in [-0.05, 0) is 34.6 Å². The predicted octanol–water partition coefficient (Wildman–Crippen LogP) is 2.45. The number of nitrogens with zero attached hydrogens (tertiary/aromatic N) is 2. The molecule has 0 saturated carbocycles. The second-order valence-electron chi connectivity index (χ2n) is 3.51. The van der Waals surface area contributed by atoms with Gasteiger partial charge in [0.15, 0.2) is 0 Å². The molecule has 0 aliphatic rings. The van der Waals surface area contributed by atoms with Gasteiger partial charge in [0.1, 0.15) is 11.6 Å². The lowest BCUT2D eigenvalue weighted by atomic mass is 10.1. The van der Waals surface area contributed by atoms with E-state index < -0.39 is 0 Å². The first-order chi connectivity index (χ1) is 7.75. The lowest BCUT2D eigenvalue weighted by Crippen LogP contribution is -2.03. The van der Waals surface area contributed by atoms with Crippen molar-refractivity contribution in [3.8, 4) is 0 Å². The highest BCUT2D eigenvalue weighted by Gasteiger charge is 2.01. The van der Waals surface area contributed by atoms with Crippen molar-refractivity contribution < 1.29 is 0 Å². The largest absolute Gasteiger partial charge is 0.383 e. The molecule has 0 aliphatic heterocycles. The van der Waals surface area contributed by atoms with E-state index in [4.69, 9.17) is 5.73 Å². The number of anilines is 1. The number of hydrogen-bond donors (Lipinski definition) is 1. The van der Waals surface area contributed by atoms with Crippen LogP contribution in [0.3, 0.4) is 0 Å². The summed E-state index contributed by atoms with van der Waals surface area (Å²) in [6, 6.07) is 10.3. The van der Waals surface area contributed by atoms with Crippen LogP contribution in [0.4, 0.5) is 5.82 Å². The second-order valence-corrected chi connectivity index (χ2v) is 4.67. The average Bonchev–Trinajstić information content (AvgIpc) is 2.32. The third-order valence-electron chi connectivity index (χ3n) is 2.30. The molecule has 82 valence electrons. The van der Waals surface area contributed by atoms with E-state index >= 15 is 0 Å². The summed E-state index contributed by atoms with van der Waals surface area (Å²) < 4.78 is 0.904. The predicted molar refractivity (Wildman–Crippen MR) is 73.0 cm³/mol. The third kappa shape index (κ3) is 2.91. The van der Waals surface area contributed by atoms with Gasteiger partial charge in [0.05, 0.1) is 3.57 Å². The van der Waals surface area contributed by atoms with Crippen molar-refractivity contribution in [1.82, 2.24) is 9.97 Å². The lowest BCUT2D eigenvalue weighted by Gasteiger charge is -2.02. The van der Waals surface area contributed by atoms with Crippen LogP contribution in [0.15, 0.2) is 36.5 Å². The van der Waals surface area contributed by atoms with E-state index in [2.05, 4.69) is 44.7 Å². The molecule has 0 fully saturated rings. The van der Waals surface area contributed by atoms with Crippen LogP contribution >= 0.6 is 22.6 Å². The van der Waals surface area contributed by atoms with Crippen molar-refractivity contribution >= 4 is 28.4 Å². The van der Waals surface area contributed by atoms with E-state index in [1.807, 2.05) is 18.2 Å². The molecule has 0 spiro atoms. The van der Waals surface area contributed by atoms with Crippen LogP contribution in [0.25, 0.3) is 0 Å². The Hall–Kier alpha value is -1.17. The zero-order chi connectivity index (χ0) is 11.4. The van der Waals surface area contributed by atoms with Gasteiger partial charge in [0.25, 0.3) is 0 Å². The van der Waals surface area contributed by atoms with Crippen LogP contribution in [0.1, 0.15) is 11.4 Å². The Balaban J connectivity index is 2.03. The standard InChI is InChI=1S/C12H12IN3/c13-10-8-15-11(16-12(10)14)7-6-9-4-2-1-3-5-9/h1-5,8H,6-7H2,(H2,14,15,16). The maximum Gasteiger partial charge on any atom is 0.140 e. The Bertz CT molecular complexity index is 471. The Morgan fingerprint density at radius 1 is 1.12 bits per heavy atom. The maximum absolute atomic E-state index is 5.73. The molecular weight excluding hydrogens is 313 g/mol. The number of nitrogens with two attached hydrogens (primary N) is 1. The normalized spacial score (nSPS) is 10.3.